The third-order valence-electron chi connectivity index (χ3n) is 4.41. The van der Waals surface area contributed by atoms with Crippen LogP contribution in [0.15, 0.2) is 30.3 Å². The monoisotopic (exact) mass is 332 g/mol. The summed E-state index contributed by atoms with van der Waals surface area (Å²) in [5, 5.41) is 0. The first-order valence-corrected chi connectivity index (χ1v) is 8.23. The number of carbonyl (C=O) groups is 3. The normalized spacial score (nSPS) is 17.6. The molecule has 2 rings (SSSR count). The predicted molar refractivity (Wildman–Crippen MR) is 88.9 cm³/mol. The molecule has 6 nitrogen and oxygen atoms in total. The molecule has 0 bridgehead atoms. The van der Waals surface area contributed by atoms with E-state index in [4.69, 9.17) is 4.74 Å². The Balaban J connectivity index is 1.94. The maximum absolute atomic E-state index is 12.3. The molecule has 1 heterocycles. The second-order valence-electron chi connectivity index (χ2n) is 6.07. The molecule has 0 N–H and O–H groups in total. The van der Waals surface area contributed by atoms with E-state index in [0.29, 0.717) is 0 Å². The van der Waals surface area contributed by atoms with E-state index in [1.54, 1.807) is 11.8 Å². The lowest BCUT2D eigenvalue weighted by molar-refractivity contribution is -0.162. The molecule has 0 aliphatic carbocycles. The molecule has 130 valence electrons. The highest BCUT2D eigenvalue weighted by Gasteiger charge is 2.37. The fourth-order valence-electron chi connectivity index (χ4n) is 2.60. The first kappa shape index (κ1) is 18.0. The molecule has 0 radical (unpaired) electrons. The summed E-state index contributed by atoms with van der Waals surface area (Å²) < 4.78 is 5.26. The van der Waals surface area contributed by atoms with Gasteiger partial charge in [-0.25, -0.2) is 4.79 Å². The van der Waals surface area contributed by atoms with E-state index in [0.717, 1.165) is 12.0 Å². The van der Waals surface area contributed by atoms with Crippen LogP contribution in [0.5, 0.6) is 0 Å². The SMILES string of the molecule is CC[C@H](C)N1CC(=O)N([C@@H](C)C(=O)OCc2ccccc2)CC1=O. The van der Waals surface area contributed by atoms with E-state index >= 15 is 0 Å². The van der Waals surface area contributed by atoms with E-state index in [9.17, 15) is 14.4 Å². The van der Waals surface area contributed by atoms with Gasteiger partial charge >= 0.3 is 5.97 Å². The number of benzene rings is 1. The highest BCUT2D eigenvalue weighted by atomic mass is 16.5. The number of hydrogen-bond donors (Lipinski definition) is 0. The van der Waals surface area contributed by atoms with Gasteiger partial charge in [-0.05, 0) is 25.8 Å². The van der Waals surface area contributed by atoms with Crippen LogP contribution < -0.4 is 0 Å². The van der Waals surface area contributed by atoms with Crippen molar-refractivity contribution in [1.29, 1.82) is 0 Å². The summed E-state index contributed by atoms with van der Waals surface area (Å²) in [6, 6.07) is 8.57. The highest BCUT2D eigenvalue weighted by molar-refractivity contribution is 5.95. The number of esters is 1. The van der Waals surface area contributed by atoms with Crippen LogP contribution in [0.2, 0.25) is 0 Å². The summed E-state index contributed by atoms with van der Waals surface area (Å²) >= 11 is 0. The van der Waals surface area contributed by atoms with Crippen molar-refractivity contribution in [3.63, 3.8) is 0 Å². The Morgan fingerprint density at radius 1 is 1.08 bits per heavy atom. The smallest absolute Gasteiger partial charge is 0.328 e. The van der Waals surface area contributed by atoms with Gasteiger partial charge in [0, 0.05) is 6.04 Å². The Morgan fingerprint density at radius 3 is 2.29 bits per heavy atom. The molecule has 1 aliphatic heterocycles. The van der Waals surface area contributed by atoms with E-state index in [2.05, 4.69) is 0 Å². The molecule has 0 spiro atoms. The molecular weight excluding hydrogens is 308 g/mol. The van der Waals surface area contributed by atoms with Crippen molar-refractivity contribution in [2.45, 2.75) is 45.9 Å². The zero-order chi connectivity index (χ0) is 17.7. The largest absolute Gasteiger partial charge is 0.459 e. The maximum Gasteiger partial charge on any atom is 0.328 e. The second kappa shape index (κ2) is 7.95. The Labute approximate surface area is 142 Å². The van der Waals surface area contributed by atoms with Gasteiger partial charge in [-0.1, -0.05) is 37.3 Å². The van der Waals surface area contributed by atoms with Gasteiger partial charge in [-0.3, -0.25) is 9.59 Å². The maximum atomic E-state index is 12.3. The lowest BCUT2D eigenvalue weighted by Crippen LogP contribution is -2.59. The molecule has 0 unspecified atom stereocenters. The van der Waals surface area contributed by atoms with Crippen LogP contribution in [0.1, 0.15) is 32.8 Å². The van der Waals surface area contributed by atoms with Gasteiger partial charge < -0.3 is 14.5 Å². The summed E-state index contributed by atoms with van der Waals surface area (Å²) in [4.78, 5) is 39.6. The van der Waals surface area contributed by atoms with Gasteiger partial charge in [0.05, 0.1) is 0 Å². The van der Waals surface area contributed by atoms with Gasteiger partial charge in [0.1, 0.15) is 25.7 Å². The molecule has 1 aliphatic rings. The lowest BCUT2D eigenvalue weighted by Gasteiger charge is -2.38. The molecule has 2 amide bonds. The van der Waals surface area contributed by atoms with E-state index in [1.165, 1.54) is 4.90 Å². The minimum absolute atomic E-state index is 0.0175. The van der Waals surface area contributed by atoms with E-state index in [-0.39, 0.29) is 37.6 Å². The number of rotatable bonds is 6. The topological polar surface area (TPSA) is 66.9 Å². The Hall–Kier alpha value is -2.37. The van der Waals surface area contributed by atoms with Crippen molar-refractivity contribution >= 4 is 17.8 Å². The van der Waals surface area contributed by atoms with Crippen LogP contribution in [-0.4, -0.2) is 52.8 Å². The summed E-state index contributed by atoms with van der Waals surface area (Å²) in [5.41, 5.74) is 0.877. The molecule has 0 saturated carbocycles. The second-order valence-corrected chi connectivity index (χ2v) is 6.07. The van der Waals surface area contributed by atoms with Crippen LogP contribution in [-0.2, 0) is 25.7 Å². The third kappa shape index (κ3) is 4.13. The van der Waals surface area contributed by atoms with Crippen molar-refractivity contribution in [3.8, 4) is 0 Å². The molecule has 1 saturated heterocycles. The Bertz CT molecular complexity index is 602. The number of amides is 2. The fraction of sp³-hybridized carbons (Fsp3) is 0.500. The van der Waals surface area contributed by atoms with Crippen LogP contribution in [0.3, 0.4) is 0 Å². The number of carbonyl (C=O) groups excluding carboxylic acids is 3. The number of ether oxygens (including phenoxy) is 1. The highest BCUT2D eigenvalue weighted by Crippen LogP contribution is 2.15. The predicted octanol–water partition coefficient (Wildman–Crippen LogP) is 1.59. The van der Waals surface area contributed by atoms with Crippen LogP contribution in [0.25, 0.3) is 0 Å². The van der Waals surface area contributed by atoms with Gasteiger partial charge in [0.15, 0.2) is 0 Å². The molecule has 24 heavy (non-hydrogen) atoms. The standard InChI is InChI=1S/C18H24N2O4/c1-4-13(2)19-10-17(22)20(11-16(19)21)14(3)18(23)24-12-15-8-6-5-7-9-15/h5-9,13-14H,4,10-12H2,1-3H3/t13-,14-/m0/s1. The molecule has 1 aromatic rings. The Morgan fingerprint density at radius 2 is 1.67 bits per heavy atom. The van der Waals surface area contributed by atoms with Gasteiger partial charge in [0.2, 0.25) is 11.8 Å². The Kier molecular flexibility index (Phi) is 5.95. The summed E-state index contributed by atoms with van der Waals surface area (Å²) in [6.07, 6.45) is 0.785. The van der Waals surface area contributed by atoms with Crippen LogP contribution in [0, 0.1) is 0 Å². The third-order valence-corrected chi connectivity index (χ3v) is 4.41. The first-order valence-electron chi connectivity index (χ1n) is 8.23. The fourth-order valence-corrected chi connectivity index (χ4v) is 2.60. The van der Waals surface area contributed by atoms with Crippen LogP contribution >= 0.6 is 0 Å². The summed E-state index contributed by atoms with van der Waals surface area (Å²) in [7, 11) is 0. The van der Waals surface area contributed by atoms with E-state index < -0.39 is 12.0 Å². The zero-order valence-corrected chi connectivity index (χ0v) is 14.4. The molecule has 1 aromatic carbocycles. The molecule has 1 fully saturated rings. The summed E-state index contributed by atoms with van der Waals surface area (Å²) in [5.74, 6) is -0.859. The lowest BCUT2D eigenvalue weighted by atomic mass is 10.1. The summed E-state index contributed by atoms with van der Waals surface area (Å²) in [6.45, 7) is 5.57. The van der Waals surface area contributed by atoms with Crippen molar-refractivity contribution in [1.82, 2.24) is 9.80 Å². The van der Waals surface area contributed by atoms with Crippen molar-refractivity contribution in [2.75, 3.05) is 13.1 Å². The zero-order valence-electron chi connectivity index (χ0n) is 14.4. The van der Waals surface area contributed by atoms with Crippen LogP contribution in [0.4, 0.5) is 0 Å². The number of nitrogens with zero attached hydrogens (tertiary/aromatic N) is 2. The van der Waals surface area contributed by atoms with Crippen molar-refractivity contribution in [2.24, 2.45) is 0 Å². The molecule has 0 aromatic heterocycles. The first-order chi connectivity index (χ1) is 11.4. The molecule has 2 atom stereocenters. The number of piperazine rings is 1. The average Bonchev–Trinajstić information content (AvgIpc) is 2.60. The van der Waals surface area contributed by atoms with Gasteiger partial charge in [-0.15, -0.1) is 0 Å². The molecular formula is C18H24N2O4. The van der Waals surface area contributed by atoms with Crippen molar-refractivity contribution in [3.05, 3.63) is 35.9 Å². The average molecular weight is 332 g/mol. The van der Waals surface area contributed by atoms with E-state index in [1.807, 2.05) is 44.2 Å². The van der Waals surface area contributed by atoms with Gasteiger partial charge in [-0.2, -0.15) is 0 Å². The van der Waals surface area contributed by atoms with Gasteiger partial charge in [0.25, 0.3) is 0 Å². The van der Waals surface area contributed by atoms with Crippen molar-refractivity contribution < 1.29 is 19.1 Å². The minimum atomic E-state index is -0.774. The quantitative estimate of drug-likeness (QED) is 0.742. The molecule has 6 heteroatoms. The number of hydrogen-bond acceptors (Lipinski definition) is 4. The minimum Gasteiger partial charge on any atom is -0.459 e.